The van der Waals surface area contributed by atoms with Gasteiger partial charge in [-0.25, -0.2) is 4.79 Å². The first-order valence-electron chi connectivity index (χ1n) is 3.01. The van der Waals surface area contributed by atoms with E-state index in [4.69, 9.17) is 9.79 Å². The van der Waals surface area contributed by atoms with Crippen LogP contribution in [0.3, 0.4) is 0 Å². The number of urea groups is 1. The van der Waals surface area contributed by atoms with Gasteiger partial charge in [0.15, 0.2) is 0 Å². The summed E-state index contributed by atoms with van der Waals surface area (Å²) < 4.78 is 0.933. The number of carbonyl (C=O) groups excluding carboxylic acids is 1. The molecule has 1 aliphatic heterocycles. The molecule has 5 nitrogen and oxygen atoms in total. The number of rotatable bonds is 1. The molecule has 1 heterocycles. The predicted octanol–water partition coefficient (Wildman–Crippen LogP) is -0.437. The van der Waals surface area contributed by atoms with Crippen LogP contribution in [-0.2, 0) is 11.8 Å². The first kappa shape index (κ1) is 8.93. The third-order valence-electron chi connectivity index (χ3n) is 1.51. The quantitative estimate of drug-likeness (QED) is 0.558. The number of carbonyl (C=O) groups is 1. The van der Waals surface area contributed by atoms with Crippen molar-refractivity contribution in [3.8, 4) is 0 Å². The predicted molar refractivity (Wildman–Crippen MR) is 43.5 cm³/mol. The molecule has 1 aliphatic rings. The number of nitrogens with zero attached hydrogens (tertiary/aromatic N) is 2. The largest absolute Gasteiger partial charge is 0.329 e. The van der Waals surface area contributed by atoms with Gasteiger partial charge in [0.2, 0.25) is 0 Å². The smallest absolute Gasteiger partial charge is 0.327 e. The summed E-state index contributed by atoms with van der Waals surface area (Å²) in [4.78, 5) is 30.4. The molecule has 2 amide bonds. The van der Waals surface area contributed by atoms with Crippen molar-refractivity contribution in [3.63, 3.8) is 0 Å². The second-order valence-electron chi connectivity index (χ2n) is 2.34. The second-order valence-corrected chi connectivity index (χ2v) is 5.32. The van der Waals surface area contributed by atoms with Gasteiger partial charge in [0.05, 0.1) is 0 Å². The minimum Gasteiger partial charge on any atom is -0.329 e. The Balaban J connectivity index is 2.78. The lowest BCUT2D eigenvalue weighted by Crippen LogP contribution is -2.26. The Morgan fingerprint density at radius 1 is 1.55 bits per heavy atom. The summed E-state index contributed by atoms with van der Waals surface area (Å²) in [6, 6.07) is -0.404. The molecule has 1 saturated heterocycles. The van der Waals surface area contributed by atoms with Gasteiger partial charge in [0, 0.05) is 20.1 Å². The van der Waals surface area contributed by atoms with Crippen molar-refractivity contribution in [1.29, 1.82) is 0 Å². The molecule has 0 atom stereocenters. The summed E-state index contributed by atoms with van der Waals surface area (Å²) in [5, 5.41) is 0. The first-order chi connectivity index (χ1) is 4.93. The normalized spacial score (nSPS) is 19.7. The molecular formula is C4H9N2O3PS. The molecule has 64 valence electrons. The van der Waals surface area contributed by atoms with Gasteiger partial charge >= 0.3 is 6.03 Å². The summed E-state index contributed by atoms with van der Waals surface area (Å²) in [5.41, 5.74) is 0. The van der Waals surface area contributed by atoms with E-state index in [1.165, 1.54) is 4.90 Å². The lowest BCUT2D eigenvalue weighted by Gasteiger charge is -2.19. The molecule has 0 radical (unpaired) electrons. The van der Waals surface area contributed by atoms with Crippen LogP contribution in [0.1, 0.15) is 0 Å². The van der Waals surface area contributed by atoms with Crippen LogP contribution in [0.2, 0.25) is 0 Å². The molecular weight excluding hydrogens is 187 g/mol. The van der Waals surface area contributed by atoms with E-state index in [0.29, 0.717) is 13.1 Å². The standard InChI is InChI=1S/C4H9N2O3PS/c1-5-2-3-6(4(5)7)10(8,9)11/h2-3H2,1H3,(H2,8,9,11). The fraction of sp³-hybridized carbons (Fsp3) is 0.750. The van der Waals surface area contributed by atoms with Crippen LogP contribution in [0.4, 0.5) is 4.79 Å². The van der Waals surface area contributed by atoms with Crippen molar-refractivity contribution in [2.45, 2.75) is 0 Å². The highest BCUT2D eigenvalue weighted by atomic mass is 32.5. The molecule has 0 saturated carbocycles. The maximum Gasteiger partial charge on any atom is 0.327 e. The van der Waals surface area contributed by atoms with Crippen LogP contribution in [0.5, 0.6) is 0 Å². The fourth-order valence-electron chi connectivity index (χ4n) is 0.875. The van der Waals surface area contributed by atoms with E-state index >= 15 is 0 Å². The van der Waals surface area contributed by atoms with Crippen molar-refractivity contribution < 1.29 is 14.6 Å². The van der Waals surface area contributed by atoms with Gasteiger partial charge in [-0.05, 0) is 11.8 Å². The van der Waals surface area contributed by atoms with E-state index in [2.05, 4.69) is 11.8 Å². The molecule has 1 rings (SSSR count). The van der Waals surface area contributed by atoms with Crippen LogP contribution in [0.15, 0.2) is 0 Å². The minimum absolute atomic E-state index is 0.305. The Morgan fingerprint density at radius 3 is 2.27 bits per heavy atom. The highest BCUT2D eigenvalue weighted by molar-refractivity contribution is 8.08. The Kier molecular flexibility index (Phi) is 2.20. The van der Waals surface area contributed by atoms with Gasteiger partial charge < -0.3 is 14.7 Å². The number of amides is 2. The molecule has 0 aromatic rings. The lowest BCUT2D eigenvalue weighted by atomic mass is 10.7. The highest BCUT2D eigenvalue weighted by Crippen LogP contribution is 2.42. The maximum atomic E-state index is 11.0. The number of likely N-dealkylation sites (N-methyl/N-ethyl adjacent to an activating group) is 1. The molecule has 7 heteroatoms. The highest BCUT2D eigenvalue weighted by Gasteiger charge is 2.33. The van der Waals surface area contributed by atoms with Gasteiger partial charge in [-0.15, -0.1) is 0 Å². The van der Waals surface area contributed by atoms with Crippen LogP contribution >= 0.6 is 6.64 Å². The SMILES string of the molecule is CN1CCN(P(O)(O)=S)C1=O. The maximum absolute atomic E-state index is 11.0. The molecule has 1 fully saturated rings. The fourth-order valence-corrected chi connectivity index (χ4v) is 2.05. The minimum atomic E-state index is -3.53. The Labute approximate surface area is 69.4 Å². The Morgan fingerprint density at radius 2 is 2.09 bits per heavy atom. The van der Waals surface area contributed by atoms with Crippen molar-refractivity contribution >= 4 is 24.5 Å². The van der Waals surface area contributed by atoms with Gasteiger partial charge in [0.1, 0.15) is 0 Å². The molecule has 11 heavy (non-hydrogen) atoms. The molecule has 0 aromatic carbocycles. The van der Waals surface area contributed by atoms with Crippen molar-refractivity contribution in [1.82, 2.24) is 9.57 Å². The average Bonchev–Trinajstić information content (AvgIpc) is 2.11. The van der Waals surface area contributed by atoms with E-state index in [1.807, 2.05) is 0 Å². The van der Waals surface area contributed by atoms with E-state index in [1.54, 1.807) is 7.05 Å². The third-order valence-corrected chi connectivity index (χ3v) is 3.10. The molecule has 0 aromatic heterocycles. The van der Waals surface area contributed by atoms with Gasteiger partial charge in [-0.2, -0.15) is 0 Å². The average molecular weight is 196 g/mol. The summed E-state index contributed by atoms with van der Waals surface area (Å²) in [6.45, 7) is -2.73. The second kappa shape index (κ2) is 2.71. The van der Waals surface area contributed by atoms with Crippen LogP contribution in [0.25, 0.3) is 0 Å². The first-order valence-corrected chi connectivity index (χ1v) is 5.67. The molecule has 0 aliphatic carbocycles. The zero-order chi connectivity index (χ0) is 8.65. The van der Waals surface area contributed by atoms with Crippen molar-refractivity contribution in [2.24, 2.45) is 0 Å². The van der Waals surface area contributed by atoms with E-state index in [9.17, 15) is 4.79 Å². The summed E-state index contributed by atoms with van der Waals surface area (Å²) >= 11 is 4.38. The molecule has 2 N–H and O–H groups in total. The lowest BCUT2D eigenvalue weighted by molar-refractivity contribution is 0.211. The topological polar surface area (TPSA) is 64.0 Å². The van der Waals surface area contributed by atoms with E-state index < -0.39 is 12.7 Å². The van der Waals surface area contributed by atoms with Gasteiger partial charge in [-0.3, -0.25) is 4.67 Å². The van der Waals surface area contributed by atoms with Gasteiger partial charge in [0.25, 0.3) is 6.64 Å². The third kappa shape index (κ3) is 1.70. The monoisotopic (exact) mass is 196 g/mol. The summed E-state index contributed by atoms with van der Waals surface area (Å²) in [7, 11) is 1.59. The van der Waals surface area contributed by atoms with Crippen LogP contribution in [0, 0.1) is 0 Å². The van der Waals surface area contributed by atoms with Crippen molar-refractivity contribution in [2.75, 3.05) is 20.1 Å². The molecule has 0 unspecified atom stereocenters. The van der Waals surface area contributed by atoms with E-state index in [-0.39, 0.29) is 0 Å². The van der Waals surface area contributed by atoms with Crippen molar-refractivity contribution in [3.05, 3.63) is 0 Å². The molecule has 0 bridgehead atoms. The zero-order valence-corrected chi connectivity index (χ0v) is 7.68. The van der Waals surface area contributed by atoms with Gasteiger partial charge in [-0.1, -0.05) is 0 Å². The Bertz CT molecular complexity index is 227. The van der Waals surface area contributed by atoms with Crippen LogP contribution < -0.4 is 0 Å². The number of hydrogen-bond donors (Lipinski definition) is 2. The Hall–Kier alpha value is -0.160. The summed E-state index contributed by atoms with van der Waals surface area (Å²) in [5.74, 6) is 0. The van der Waals surface area contributed by atoms with E-state index in [0.717, 1.165) is 4.67 Å². The zero-order valence-electron chi connectivity index (χ0n) is 5.97. The molecule has 0 spiro atoms. The van der Waals surface area contributed by atoms with Crippen LogP contribution in [-0.4, -0.2) is 45.5 Å². The number of hydrogen-bond acceptors (Lipinski definition) is 2. The summed E-state index contributed by atoms with van der Waals surface area (Å²) in [6.07, 6.45) is 0.